The van der Waals surface area contributed by atoms with Gasteiger partial charge in [-0.05, 0) is 75.9 Å². The van der Waals surface area contributed by atoms with Crippen LogP contribution in [0.1, 0.15) is 44.6 Å². The molecule has 0 saturated carbocycles. The van der Waals surface area contributed by atoms with Crippen molar-refractivity contribution in [3.8, 4) is 0 Å². The molecular weight excluding hydrogens is 391 g/mol. The van der Waals surface area contributed by atoms with E-state index in [1.54, 1.807) is 23.6 Å². The summed E-state index contributed by atoms with van der Waals surface area (Å²) in [5.41, 5.74) is 9.33. The molecule has 0 aromatic carbocycles. The third-order valence-corrected chi connectivity index (χ3v) is 5.78. The van der Waals surface area contributed by atoms with Gasteiger partial charge in [-0.3, -0.25) is 0 Å². The highest BCUT2D eigenvalue weighted by atomic mass is 19.1. The van der Waals surface area contributed by atoms with E-state index >= 15 is 0 Å². The number of nitrogen functional groups attached to an aromatic ring is 1. The molecule has 1 unspecified atom stereocenters. The minimum atomic E-state index is -0.237. The lowest BCUT2D eigenvalue weighted by Crippen LogP contribution is -2.32. The third-order valence-electron chi connectivity index (χ3n) is 5.78. The molecule has 0 spiro atoms. The van der Waals surface area contributed by atoms with Gasteiger partial charge in [0.2, 0.25) is 0 Å². The molecule has 0 bridgehead atoms. The van der Waals surface area contributed by atoms with Crippen LogP contribution in [0, 0.1) is 0 Å². The first kappa shape index (κ1) is 22.7. The van der Waals surface area contributed by atoms with Crippen molar-refractivity contribution in [3.05, 3.63) is 60.1 Å². The van der Waals surface area contributed by atoms with Crippen LogP contribution >= 0.6 is 0 Å². The van der Waals surface area contributed by atoms with Crippen molar-refractivity contribution in [1.82, 2.24) is 19.9 Å². The number of rotatable bonds is 10. The second kappa shape index (κ2) is 10.4. The molecule has 3 heterocycles. The number of fused-ring (bicyclic) bond motifs is 1. The highest BCUT2D eigenvalue weighted by Crippen LogP contribution is 2.34. The highest BCUT2D eigenvalue weighted by molar-refractivity contribution is 5.74. The number of allylic oxidation sites excluding steroid dienone is 3. The average Bonchev–Trinajstić information content (AvgIpc) is 3.37. The van der Waals surface area contributed by atoms with Crippen LogP contribution < -0.4 is 16.0 Å². The molecular formula is C24H33FN6. The van der Waals surface area contributed by atoms with Gasteiger partial charge >= 0.3 is 0 Å². The second-order valence-electron chi connectivity index (χ2n) is 7.85. The average molecular weight is 425 g/mol. The summed E-state index contributed by atoms with van der Waals surface area (Å²) in [5, 5.41) is 7.46. The Morgan fingerprint density at radius 2 is 2.23 bits per heavy atom. The second-order valence-corrected chi connectivity index (χ2v) is 7.85. The standard InChI is InChI=1S/C24H33FN6/c1-5-18(25)16-20(17(3)10-7-8-13-27-4)21-11-9-14-30(21)22-12-15-31-24(28-22)19(6-2)23(26)29-31/h5-6,12,15-16,21,27H,2-3,7-11,13-14H2,1,4H3,(H2,26,29)/b18-5+,20-16+. The summed E-state index contributed by atoms with van der Waals surface area (Å²) in [7, 11) is 1.95. The van der Waals surface area contributed by atoms with Crippen molar-refractivity contribution in [2.45, 2.75) is 45.1 Å². The van der Waals surface area contributed by atoms with Crippen molar-refractivity contribution in [3.63, 3.8) is 0 Å². The molecule has 1 aliphatic rings. The third kappa shape index (κ3) is 5.05. The highest BCUT2D eigenvalue weighted by Gasteiger charge is 2.30. The number of halogens is 1. The summed E-state index contributed by atoms with van der Waals surface area (Å²) < 4.78 is 16.0. The van der Waals surface area contributed by atoms with Gasteiger partial charge in [0.1, 0.15) is 11.6 Å². The fraction of sp³-hybridized carbons (Fsp3) is 0.417. The lowest BCUT2D eigenvalue weighted by Gasteiger charge is -2.29. The van der Waals surface area contributed by atoms with Crippen LogP contribution in [0.4, 0.5) is 16.0 Å². The first-order valence-electron chi connectivity index (χ1n) is 10.9. The van der Waals surface area contributed by atoms with Gasteiger partial charge in [-0.15, -0.1) is 5.10 Å². The van der Waals surface area contributed by atoms with E-state index in [4.69, 9.17) is 10.7 Å². The number of aromatic nitrogens is 3. The number of nitrogens with one attached hydrogen (secondary N) is 1. The molecule has 6 nitrogen and oxygen atoms in total. The summed E-state index contributed by atoms with van der Waals surface area (Å²) in [6.07, 6.45) is 11.5. The first-order chi connectivity index (χ1) is 15.0. The molecule has 3 N–H and O–H groups in total. The maximum atomic E-state index is 14.3. The van der Waals surface area contributed by atoms with E-state index in [1.807, 2.05) is 19.3 Å². The van der Waals surface area contributed by atoms with Crippen LogP contribution in [-0.4, -0.2) is 40.8 Å². The molecule has 0 amide bonds. The van der Waals surface area contributed by atoms with Crippen molar-refractivity contribution >= 4 is 23.4 Å². The number of hydrogen-bond donors (Lipinski definition) is 2. The van der Waals surface area contributed by atoms with E-state index in [2.05, 4.69) is 28.5 Å². The van der Waals surface area contributed by atoms with Crippen LogP contribution in [-0.2, 0) is 0 Å². The van der Waals surface area contributed by atoms with Gasteiger partial charge < -0.3 is 16.0 Å². The van der Waals surface area contributed by atoms with Crippen LogP contribution in [0.25, 0.3) is 11.7 Å². The topological polar surface area (TPSA) is 71.5 Å². The molecule has 1 atom stereocenters. The minimum Gasteiger partial charge on any atom is -0.382 e. The van der Waals surface area contributed by atoms with Gasteiger partial charge in [-0.2, -0.15) is 0 Å². The maximum absolute atomic E-state index is 14.3. The lowest BCUT2D eigenvalue weighted by molar-refractivity contribution is 0.649. The number of hydrogen-bond acceptors (Lipinski definition) is 5. The van der Waals surface area contributed by atoms with Crippen LogP contribution in [0.5, 0.6) is 0 Å². The molecule has 2 aromatic heterocycles. The Hall–Kier alpha value is -2.93. The lowest BCUT2D eigenvalue weighted by atomic mass is 9.93. The van der Waals surface area contributed by atoms with E-state index in [9.17, 15) is 4.39 Å². The summed E-state index contributed by atoms with van der Waals surface area (Å²) in [6.45, 7) is 11.7. The molecule has 0 aliphatic carbocycles. The first-order valence-corrected chi connectivity index (χ1v) is 10.9. The van der Waals surface area contributed by atoms with Crippen molar-refractivity contribution in [2.75, 3.05) is 30.8 Å². The van der Waals surface area contributed by atoms with Crippen molar-refractivity contribution in [2.24, 2.45) is 0 Å². The normalized spacial score (nSPS) is 17.5. The fourth-order valence-corrected chi connectivity index (χ4v) is 4.12. The maximum Gasteiger partial charge on any atom is 0.166 e. The molecule has 31 heavy (non-hydrogen) atoms. The zero-order valence-corrected chi connectivity index (χ0v) is 18.6. The quantitative estimate of drug-likeness (QED) is 0.428. The largest absolute Gasteiger partial charge is 0.382 e. The van der Waals surface area contributed by atoms with Crippen LogP contribution in [0.2, 0.25) is 0 Å². The summed E-state index contributed by atoms with van der Waals surface area (Å²) >= 11 is 0. The van der Waals surface area contributed by atoms with Gasteiger partial charge in [0.05, 0.1) is 11.6 Å². The van der Waals surface area contributed by atoms with Gasteiger partial charge in [0.25, 0.3) is 0 Å². The molecule has 7 heteroatoms. The molecule has 3 rings (SSSR count). The Morgan fingerprint density at radius 1 is 1.42 bits per heavy atom. The Labute approximate surface area is 184 Å². The van der Waals surface area contributed by atoms with Gasteiger partial charge in [0.15, 0.2) is 11.5 Å². The monoisotopic (exact) mass is 424 g/mol. The van der Waals surface area contributed by atoms with E-state index in [0.717, 1.165) is 67.7 Å². The Morgan fingerprint density at radius 3 is 2.94 bits per heavy atom. The van der Waals surface area contributed by atoms with E-state index in [-0.39, 0.29) is 11.9 Å². The van der Waals surface area contributed by atoms with Crippen LogP contribution in [0.3, 0.4) is 0 Å². The summed E-state index contributed by atoms with van der Waals surface area (Å²) in [6, 6.07) is 1.97. The SMILES string of the molecule is C=Cc1c(N)nn2ccc(N3CCCC3/C(=C/C(F)=C\C)C(=C)CCCCNC)nc12. The molecule has 0 radical (unpaired) electrons. The molecule has 1 fully saturated rings. The van der Waals surface area contributed by atoms with Crippen molar-refractivity contribution < 1.29 is 4.39 Å². The number of unbranched alkanes of at least 4 members (excludes halogenated alkanes) is 1. The molecule has 1 saturated heterocycles. The number of anilines is 2. The zero-order chi connectivity index (χ0) is 22.4. The molecule has 166 valence electrons. The van der Waals surface area contributed by atoms with Crippen molar-refractivity contribution in [1.29, 1.82) is 0 Å². The Balaban J connectivity index is 1.92. The van der Waals surface area contributed by atoms with E-state index in [0.29, 0.717) is 11.5 Å². The van der Waals surface area contributed by atoms with Crippen LogP contribution in [0.15, 0.2) is 54.5 Å². The Bertz CT molecular complexity index is 1000. The minimum absolute atomic E-state index is 0.0323. The zero-order valence-electron chi connectivity index (χ0n) is 18.6. The molecule has 1 aliphatic heterocycles. The predicted molar refractivity (Wildman–Crippen MR) is 128 cm³/mol. The fourth-order valence-electron chi connectivity index (χ4n) is 4.12. The summed E-state index contributed by atoms with van der Waals surface area (Å²) in [5.74, 6) is 0.996. The van der Waals surface area contributed by atoms with Gasteiger partial charge in [-0.25, -0.2) is 13.9 Å². The Kier molecular flexibility index (Phi) is 7.63. The smallest absolute Gasteiger partial charge is 0.166 e. The van der Waals surface area contributed by atoms with Gasteiger partial charge in [-0.1, -0.05) is 25.3 Å². The van der Waals surface area contributed by atoms with Gasteiger partial charge in [0, 0.05) is 12.7 Å². The molecule has 2 aromatic rings. The van der Waals surface area contributed by atoms with E-state index < -0.39 is 0 Å². The predicted octanol–water partition coefficient (Wildman–Crippen LogP) is 4.67. The summed E-state index contributed by atoms with van der Waals surface area (Å²) in [4.78, 5) is 7.07. The number of nitrogens with zero attached hydrogens (tertiary/aromatic N) is 4. The number of nitrogens with two attached hydrogens (primary N) is 1. The van der Waals surface area contributed by atoms with E-state index in [1.165, 1.54) is 6.08 Å².